The average molecular weight is 235 g/mol. The molecule has 0 heterocycles. The summed E-state index contributed by atoms with van der Waals surface area (Å²) in [5.41, 5.74) is 2.37. The molecular formula is C15H22FN. The molecule has 1 aliphatic carbocycles. The van der Waals surface area contributed by atoms with E-state index in [0.29, 0.717) is 6.04 Å². The van der Waals surface area contributed by atoms with Gasteiger partial charge >= 0.3 is 0 Å². The van der Waals surface area contributed by atoms with Crippen LogP contribution in [-0.4, -0.2) is 12.6 Å². The van der Waals surface area contributed by atoms with Crippen LogP contribution in [0.25, 0.3) is 0 Å². The van der Waals surface area contributed by atoms with Crippen molar-refractivity contribution in [2.24, 2.45) is 5.92 Å². The zero-order valence-electron chi connectivity index (χ0n) is 10.8. The molecule has 17 heavy (non-hydrogen) atoms. The van der Waals surface area contributed by atoms with Gasteiger partial charge < -0.3 is 5.32 Å². The molecule has 2 heteroatoms. The SMILES string of the molecule is CCNC(CCc1cc(F)ccc1C)C1CC1. The fourth-order valence-electron chi connectivity index (χ4n) is 2.49. The molecule has 1 aliphatic rings. The van der Waals surface area contributed by atoms with E-state index in [0.717, 1.165) is 30.9 Å². The van der Waals surface area contributed by atoms with Crippen LogP contribution in [0.15, 0.2) is 18.2 Å². The molecule has 2 rings (SSSR count). The van der Waals surface area contributed by atoms with Crippen LogP contribution in [0.4, 0.5) is 4.39 Å². The van der Waals surface area contributed by atoms with E-state index in [2.05, 4.69) is 19.2 Å². The number of hydrogen-bond acceptors (Lipinski definition) is 1. The van der Waals surface area contributed by atoms with Crippen molar-refractivity contribution in [3.8, 4) is 0 Å². The minimum absolute atomic E-state index is 0.114. The van der Waals surface area contributed by atoms with E-state index >= 15 is 0 Å². The Labute approximate surface area is 103 Å². The molecular weight excluding hydrogens is 213 g/mol. The molecule has 0 aliphatic heterocycles. The lowest BCUT2D eigenvalue weighted by Crippen LogP contribution is -2.31. The van der Waals surface area contributed by atoms with Gasteiger partial charge in [-0.1, -0.05) is 13.0 Å². The maximum Gasteiger partial charge on any atom is 0.123 e. The van der Waals surface area contributed by atoms with Gasteiger partial charge in [0.1, 0.15) is 5.82 Å². The predicted molar refractivity (Wildman–Crippen MR) is 69.6 cm³/mol. The fraction of sp³-hybridized carbons (Fsp3) is 0.600. The third-order valence-corrected chi connectivity index (χ3v) is 3.69. The highest BCUT2D eigenvalue weighted by Crippen LogP contribution is 2.34. The average Bonchev–Trinajstić information content (AvgIpc) is 3.12. The molecule has 1 unspecified atom stereocenters. The van der Waals surface area contributed by atoms with Crippen molar-refractivity contribution in [2.75, 3.05) is 6.54 Å². The first-order chi connectivity index (χ1) is 8.20. The van der Waals surface area contributed by atoms with E-state index in [9.17, 15) is 4.39 Å². The van der Waals surface area contributed by atoms with Gasteiger partial charge in [-0.2, -0.15) is 0 Å². The van der Waals surface area contributed by atoms with Gasteiger partial charge in [0.15, 0.2) is 0 Å². The quantitative estimate of drug-likeness (QED) is 0.796. The Morgan fingerprint density at radius 3 is 2.82 bits per heavy atom. The van der Waals surface area contributed by atoms with Crippen LogP contribution in [0.3, 0.4) is 0 Å². The van der Waals surface area contributed by atoms with E-state index in [1.54, 1.807) is 12.1 Å². The van der Waals surface area contributed by atoms with Crippen LogP contribution >= 0.6 is 0 Å². The molecule has 1 aromatic carbocycles. The Morgan fingerprint density at radius 2 is 2.18 bits per heavy atom. The van der Waals surface area contributed by atoms with Crippen LogP contribution in [0.1, 0.15) is 37.3 Å². The third kappa shape index (κ3) is 3.53. The van der Waals surface area contributed by atoms with Crippen LogP contribution in [0, 0.1) is 18.7 Å². The van der Waals surface area contributed by atoms with E-state index < -0.39 is 0 Å². The highest BCUT2D eigenvalue weighted by Gasteiger charge is 2.30. The standard InChI is InChI=1S/C15H22FN/c1-3-17-15(12-5-6-12)9-7-13-10-14(16)8-4-11(13)2/h4,8,10,12,15,17H,3,5-7,9H2,1-2H3. The number of nitrogens with one attached hydrogen (secondary N) is 1. The molecule has 0 saturated heterocycles. The lowest BCUT2D eigenvalue weighted by atomic mass is 9.98. The van der Waals surface area contributed by atoms with Crippen molar-refractivity contribution in [3.05, 3.63) is 35.1 Å². The molecule has 1 fully saturated rings. The maximum atomic E-state index is 13.2. The second-order valence-electron chi connectivity index (χ2n) is 5.11. The summed E-state index contributed by atoms with van der Waals surface area (Å²) in [5, 5.41) is 3.56. The third-order valence-electron chi connectivity index (χ3n) is 3.69. The number of aryl methyl sites for hydroxylation is 2. The second-order valence-corrected chi connectivity index (χ2v) is 5.11. The van der Waals surface area contributed by atoms with Crippen molar-refractivity contribution in [2.45, 2.75) is 45.6 Å². The highest BCUT2D eigenvalue weighted by molar-refractivity contribution is 5.26. The Hall–Kier alpha value is -0.890. The molecule has 1 aromatic rings. The first-order valence-electron chi connectivity index (χ1n) is 6.69. The molecule has 0 bridgehead atoms. The van der Waals surface area contributed by atoms with Gasteiger partial charge in [-0.3, -0.25) is 0 Å². The van der Waals surface area contributed by atoms with E-state index in [1.165, 1.54) is 18.4 Å². The molecule has 1 nitrogen and oxygen atoms in total. The second kappa shape index (κ2) is 5.63. The van der Waals surface area contributed by atoms with Crippen molar-refractivity contribution < 1.29 is 4.39 Å². The topological polar surface area (TPSA) is 12.0 Å². The zero-order valence-corrected chi connectivity index (χ0v) is 10.8. The predicted octanol–water partition coefficient (Wildman–Crippen LogP) is 3.45. The largest absolute Gasteiger partial charge is 0.314 e. The summed E-state index contributed by atoms with van der Waals surface area (Å²) in [4.78, 5) is 0. The van der Waals surface area contributed by atoms with Crippen LogP contribution in [-0.2, 0) is 6.42 Å². The Morgan fingerprint density at radius 1 is 1.41 bits per heavy atom. The summed E-state index contributed by atoms with van der Waals surface area (Å²) in [6.45, 7) is 5.25. The molecule has 0 aromatic heterocycles. The molecule has 0 spiro atoms. The number of benzene rings is 1. The lowest BCUT2D eigenvalue weighted by Gasteiger charge is -2.17. The Kier molecular flexibility index (Phi) is 4.16. The first kappa shape index (κ1) is 12.6. The van der Waals surface area contributed by atoms with E-state index in [1.807, 2.05) is 6.07 Å². The van der Waals surface area contributed by atoms with Gasteiger partial charge in [-0.25, -0.2) is 4.39 Å². The summed E-state index contributed by atoms with van der Waals surface area (Å²) < 4.78 is 13.2. The minimum atomic E-state index is -0.114. The summed E-state index contributed by atoms with van der Waals surface area (Å²) in [5.74, 6) is 0.751. The van der Waals surface area contributed by atoms with Crippen LogP contribution in [0.2, 0.25) is 0 Å². The van der Waals surface area contributed by atoms with E-state index in [-0.39, 0.29) is 5.82 Å². The molecule has 0 radical (unpaired) electrons. The smallest absolute Gasteiger partial charge is 0.123 e. The maximum absolute atomic E-state index is 13.2. The molecule has 1 N–H and O–H groups in total. The minimum Gasteiger partial charge on any atom is -0.314 e. The highest BCUT2D eigenvalue weighted by atomic mass is 19.1. The fourth-order valence-corrected chi connectivity index (χ4v) is 2.49. The van der Waals surface area contributed by atoms with Crippen LogP contribution < -0.4 is 5.32 Å². The molecule has 0 amide bonds. The lowest BCUT2D eigenvalue weighted by molar-refractivity contribution is 0.445. The van der Waals surface area contributed by atoms with Gasteiger partial charge in [-0.05, 0) is 68.3 Å². The molecule has 1 saturated carbocycles. The first-order valence-corrected chi connectivity index (χ1v) is 6.69. The molecule has 1 atom stereocenters. The monoisotopic (exact) mass is 235 g/mol. The normalized spacial score (nSPS) is 17.1. The summed E-state index contributed by atoms with van der Waals surface area (Å²) >= 11 is 0. The molecule has 94 valence electrons. The summed E-state index contributed by atoms with van der Waals surface area (Å²) in [6.07, 6.45) is 4.83. The number of rotatable bonds is 6. The van der Waals surface area contributed by atoms with Crippen molar-refractivity contribution >= 4 is 0 Å². The van der Waals surface area contributed by atoms with Gasteiger partial charge in [0.2, 0.25) is 0 Å². The van der Waals surface area contributed by atoms with Gasteiger partial charge in [0.25, 0.3) is 0 Å². The number of hydrogen-bond donors (Lipinski definition) is 1. The van der Waals surface area contributed by atoms with Crippen molar-refractivity contribution in [1.29, 1.82) is 0 Å². The van der Waals surface area contributed by atoms with Crippen molar-refractivity contribution in [3.63, 3.8) is 0 Å². The zero-order chi connectivity index (χ0) is 12.3. The van der Waals surface area contributed by atoms with Gasteiger partial charge in [0.05, 0.1) is 0 Å². The van der Waals surface area contributed by atoms with Crippen molar-refractivity contribution in [1.82, 2.24) is 5.32 Å². The van der Waals surface area contributed by atoms with Gasteiger partial charge in [0, 0.05) is 6.04 Å². The Balaban J connectivity index is 1.93. The Bertz CT molecular complexity index is 371. The van der Waals surface area contributed by atoms with Gasteiger partial charge in [-0.15, -0.1) is 0 Å². The van der Waals surface area contributed by atoms with E-state index in [4.69, 9.17) is 0 Å². The number of halogens is 1. The summed E-state index contributed by atoms with van der Waals surface area (Å²) in [7, 11) is 0. The van der Waals surface area contributed by atoms with Crippen LogP contribution in [0.5, 0.6) is 0 Å². The summed E-state index contributed by atoms with van der Waals surface area (Å²) in [6, 6.07) is 5.74.